The third-order valence-electron chi connectivity index (χ3n) is 4.81. The Hall–Kier alpha value is -0.510. The van der Waals surface area contributed by atoms with Crippen molar-refractivity contribution in [1.82, 2.24) is 9.80 Å². The van der Waals surface area contributed by atoms with E-state index < -0.39 is 42.8 Å². The van der Waals surface area contributed by atoms with Crippen LogP contribution in [0.15, 0.2) is 0 Å². The molecule has 9 heteroatoms. The summed E-state index contributed by atoms with van der Waals surface area (Å²) in [5, 5.41) is 0. The summed E-state index contributed by atoms with van der Waals surface area (Å²) in [4.78, 5) is -0.407. The van der Waals surface area contributed by atoms with Crippen LogP contribution in [-0.2, 0) is 9.47 Å². The highest BCUT2D eigenvalue weighted by Crippen LogP contribution is 2.51. The molecule has 1 rings (SSSR count). The summed E-state index contributed by atoms with van der Waals surface area (Å²) >= 11 is 0. The van der Waals surface area contributed by atoms with Crippen molar-refractivity contribution < 1.29 is 31.4 Å². The van der Waals surface area contributed by atoms with Gasteiger partial charge in [-0.05, 0) is 26.7 Å². The van der Waals surface area contributed by atoms with E-state index in [1.807, 2.05) is 0 Å². The minimum Gasteiger partial charge on any atom is -0.380 e. The van der Waals surface area contributed by atoms with E-state index in [0.29, 0.717) is 0 Å². The summed E-state index contributed by atoms with van der Waals surface area (Å²) < 4.78 is 83.2. The first-order valence-corrected chi connectivity index (χ1v) is 8.05. The van der Waals surface area contributed by atoms with Crippen LogP contribution in [0.4, 0.5) is 22.0 Å². The first-order valence-electron chi connectivity index (χ1n) is 8.05. The maximum absolute atomic E-state index is 14.9. The maximum Gasteiger partial charge on any atom is 0.377 e. The highest BCUT2D eigenvalue weighted by Gasteiger charge is 2.74. The van der Waals surface area contributed by atoms with Crippen molar-refractivity contribution >= 4 is 0 Å². The Morgan fingerprint density at radius 2 is 1.33 bits per heavy atom. The lowest BCUT2D eigenvalue weighted by atomic mass is 10.1. The number of halogens is 5. The molecule has 0 saturated carbocycles. The maximum atomic E-state index is 14.9. The van der Waals surface area contributed by atoms with Crippen molar-refractivity contribution in [2.24, 2.45) is 0 Å². The van der Waals surface area contributed by atoms with E-state index in [1.165, 1.54) is 41.9 Å². The highest BCUT2D eigenvalue weighted by molar-refractivity contribution is 5.01. The smallest absolute Gasteiger partial charge is 0.377 e. The molecule has 5 atom stereocenters. The molecule has 0 aliphatic carbocycles. The van der Waals surface area contributed by atoms with Crippen LogP contribution in [0, 0.1) is 0 Å². The Morgan fingerprint density at radius 1 is 0.917 bits per heavy atom. The number of hydrogen-bond acceptors (Lipinski definition) is 4. The molecule has 4 nitrogen and oxygen atoms in total. The fraction of sp³-hybridized carbons (Fsp3) is 1.00. The van der Waals surface area contributed by atoms with Crippen LogP contribution in [0.25, 0.3) is 0 Å². The summed E-state index contributed by atoms with van der Waals surface area (Å²) in [6.07, 6.45) is -9.09. The minimum atomic E-state index is -4.35. The van der Waals surface area contributed by atoms with Crippen LogP contribution in [0.3, 0.4) is 0 Å². The number of ether oxygens (including phenoxy) is 2. The Bertz CT molecular complexity index is 413. The third kappa shape index (κ3) is 3.40. The lowest BCUT2D eigenvalue weighted by molar-refractivity contribution is -0.291. The van der Waals surface area contributed by atoms with E-state index in [1.54, 1.807) is 0 Å². The molecule has 24 heavy (non-hydrogen) atoms. The van der Waals surface area contributed by atoms with E-state index in [-0.39, 0.29) is 22.6 Å². The largest absolute Gasteiger partial charge is 0.380 e. The highest BCUT2D eigenvalue weighted by atomic mass is 19.3. The zero-order valence-electron chi connectivity index (χ0n) is 14.9. The summed E-state index contributed by atoms with van der Waals surface area (Å²) in [6, 6.07) is -6.90. The molecular weight excluding hydrogens is 335 g/mol. The van der Waals surface area contributed by atoms with Gasteiger partial charge in [0.15, 0.2) is 0 Å². The van der Waals surface area contributed by atoms with E-state index in [4.69, 9.17) is 9.47 Å². The van der Waals surface area contributed by atoms with Crippen molar-refractivity contribution in [2.75, 3.05) is 14.2 Å². The molecule has 0 aromatic carbocycles. The van der Waals surface area contributed by atoms with Gasteiger partial charge in [-0.3, -0.25) is 0 Å². The van der Waals surface area contributed by atoms with Crippen molar-refractivity contribution in [1.29, 1.82) is 0 Å². The Balaban J connectivity index is 3.37. The number of methoxy groups -OCH3 is 2. The lowest BCUT2D eigenvalue weighted by Gasteiger charge is -2.40. The first-order chi connectivity index (χ1) is 11.0. The molecule has 0 spiro atoms. The van der Waals surface area contributed by atoms with Gasteiger partial charge >= 0.3 is 12.2 Å². The zero-order valence-corrected chi connectivity index (χ0v) is 14.9. The summed E-state index contributed by atoms with van der Waals surface area (Å²) in [7, 11) is 2.51. The summed E-state index contributed by atoms with van der Waals surface area (Å²) in [5.74, 6) is 0. The Kier molecular flexibility index (Phi) is 7.00. The molecule has 0 aromatic heterocycles. The summed E-state index contributed by atoms with van der Waals surface area (Å²) in [5.41, 5.74) is 0. The molecule has 1 heterocycles. The van der Waals surface area contributed by atoms with Gasteiger partial charge in [0.05, 0.1) is 12.2 Å². The second kappa shape index (κ2) is 7.80. The topological polar surface area (TPSA) is 24.9 Å². The van der Waals surface area contributed by atoms with Crippen molar-refractivity contribution in [3.8, 4) is 0 Å². The minimum absolute atomic E-state index is 0.0333. The molecule has 0 radical (unpaired) electrons. The lowest BCUT2D eigenvalue weighted by Crippen LogP contribution is -2.59. The molecule has 5 unspecified atom stereocenters. The molecule has 1 aliphatic heterocycles. The predicted octanol–water partition coefficient (Wildman–Crippen LogP) is 3.67. The van der Waals surface area contributed by atoms with Gasteiger partial charge in [-0.15, -0.1) is 0 Å². The molecule has 0 amide bonds. The van der Waals surface area contributed by atoms with E-state index in [2.05, 4.69) is 0 Å². The molecule has 1 aliphatic rings. The van der Waals surface area contributed by atoms with Crippen LogP contribution in [0.1, 0.15) is 40.5 Å². The van der Waals surface area contributed by atoms with Gasteiger partial charge in [-0.1, -0.05) is 13.8 Å². The summed E-state index contributed by atoms with van der Waals surface area (Å²) in [6.45, 7) is 5.87. The molecule has 0 bridgehead atoms. The zero-order chi connectivity index (χ0) is 18.9. The monoisotopic (exact) mass is 362 g/mol. The van der Waals surface area contributed by atoms with Gasteiger partial charge in [0.25, 0.3) is 0 Å². The SMILES string of the molecule is CCC(C(C)OC)N1C(F)C(F)(F)N(C(CC)C(C)OC)C1(F)F. The van der Waals surface area contributed by atoms with Crippen LogP contribution >= 0.6 is 0 Å². The van der Waals surface area contributed by atoms with Crippen molar-refractivity contribution in [3.63, 3.8) is 0 Å². The number of hydrogen-bond donors (Lipinski definition) is 0. The van der Waals surface area contributed by atoms with Crippen LogP contribution in [-0.4, -0.2) is 66.8 Å². The van der Waals surface area contributed by atoms with E-state index in [9.17, 15) is 22.0 Å². The predicted molar refractivity (Wildman–Crippen MR) is 79.6 cm³/mol. The average molecular weight is 362 g/mol. The van der Waals surface area contributed by atoms with Gasteiger partial charge in [-0.25, -0.2) is 4.39 Å². The molecule has 1 saturated heterocycles. The molecule has 0 N–H and O–H groups in total. The number of rotatable bonds is 8. The second-order valence-corrected chi connectivity index (χ2v) is 6.04. The van der Waals surface area contributed by atoms with E-state index >= 15 is 0 Å². The fourth-order valence-corrected chi connectivity index (χ4v) is 3.30. The Labute approximate surface area is 139 Å². The second-order valence-electron chi connectivity index (χ2n) is 6.04. The number of alkyl halides is 5. The standard InChI is InChI=1S/C15H27F5N2O2/c1-7-11(9(3)23-5)21-13(16)14(17,18)22(15(21,19)20)12(8-2)10(4)24-6/h9-13H,7-8H2,1-6H3. The molecule has 0 aromatic rings. The van der Waals surface area contributed by atoms with Crippen LogP contribution in [0.5, 0.6) is 0 Å². The Morgan fingerprint density at radius 3 is 1.71 bits per heavy atom. The molecule has 1 fully saturated rings. The van der Waals surface area contributed by atoms with Gasteiger partial charge in [0, 0.05) is 26.3 Å². The molecular formula is C15H27F5N2O2. The normalized spacial score (nSPS) is 29.4. The van der Waals surface area contributed by atoms with Gasteiger partial charge < -0.3 is 9.47 Å². The van der Waals surface area contributed by atoms with Gasteiger partial charge in [0.2, 0.25) is 6.30 Å². The number of nitrogens with zero attached hydrogens (tertiary/aromatic N) is 2. The van der Waals surface area contributed by atoms with Crippen molar-refractivity contribution in [2.45, 2.75) is 83.3 Å². The van der Waals surface area contributed by atoms with Crippen molar-refractivity contribution in [3.05, 3.63) is 0 Å². The average Bonchev–Trinajstić information content (AvgIpc) is 2.66. The molecule has 144 valence electrons. The first kappa shape index (κ1) is 21.5. The van der Waals surface area contributed by atoms with Crippen LogP contribution < -0.4 is 0 Å². The quantitative estimate of drug-likeness (QED) is 0.486. The fourth-order valence-electron chi connectivity index (χ4n) is 3.30. The van der Waals surface area contributed by atoms with Gasteiger partial charge in [-0.2, -0.15) is 27.4 Å². The van der Waals surface area contributed by atoms with Crippen LogP contribution in [0.2, 0.25) is 0 Å². The van der Waals surface area contributed by atoms with E-state index in [0.717, 1.165) is 0 Å². The third-order valence-corrected chi connectivity index (χ3v) is 4.81. The van der Waals surface area contributed by atoms with Gasteiger partial charge in [0.1, 0.15) is 0 Å².